The van der Waals surface area contributed by atoms with E-state index in [0.717, 1.165) is 20.8 Å². The molecule has 22 heavy (non-hydrogen) atoms. The lowest BCUT2D eigenvalue weighted by molar-refractivity contribution is -0.127. The number of benzene rings is 1. The zero-order chi connectivity index (χ0) is 15.9. The van der Waals surface area contributed by atoms with Crippen molar-refractivity contribution in [2.75, 3.05) is 32.3 Å². The third kappa shape index (κ3) is 4.35. The average molecular weight is 338 g/mol. The predicted molar refractivity (Wildman–Crippen MR) is 89.6 cm³/mol. The monoisotopic (exact) mass is 338 g/mol. The molecule has 1 aromatic carbocycles. The van der Waals surface area contributed by atoms with Crippen LogP contribution in [0.25, 0.3) is 0 Å². The fourth-order valence-electron chi connectivity index (χ4n) is 1.78. The number of ether oxygens (including phenoxy) is 1. The van der Waals surface area contributed by atoms with Crippen molar-refractivity contribution in [2.45, 2.75) is 10.9 Å². The molecule has 1 heterocycles. The average Bonchev–Trinajstić information content (AvgIpc) is 3.01. The van der Waals surface area contributed by atoms with Crippen LogP contribution in [-0.2, 0) is 11.3 Å². The molecule has 1 aromatic heterocycles. The molecule has 0 aliphatic heterocycles. The van der Waals surface area contributed by atoms with Gasteiger partial charge in [0, 0.05) is 26.2 Å². The Hall–Kier alpha value is -1.80. The number of thioether (sulfide) groups is 1. The van der Waals surface area contributed by atoms with Crippen molar-refractivity contribution in [3.8, 4) is 5.75 Å². The van der Waals surface area contributed by atoms with Gasteiger partial charge in [-0.3, -0.25) is 4.79 Å². The number of nitrogens with zero attached hydrogens (tertiary/aromatic N) is 3. The van der Waals surface area contributed by atoms with E-state index in [-0.39, 0.29) is 5.91 Å². The van der Waals surface area contributed by atoms with Gasteiger partial charge in [-0.25, -0.2) is 0 Å². The molecule has 2 aromatic rings. The van der Waals surface area contributed by atoms with E-state index < -0.39 is 0 Å². The Bertz CT molecular complexity index is 633. The number of methoxy groups -OCH3 is 1. The van der Waals surface area contributed by atoms with E-state index in [4.69, 9.17) is 4.74 Å². The topological polar surface area (TPSA) is 67.4 Å². The molecule has 0 atom stereocenters. The lowest BCUT2D eigenvalue weighted by Gasteiger charge is -2.18. The molecule has 1 amide bonds. The van der Waals surface area contributed by atoms with E-state index in [1.165, 1.54) is 23.1 Å². The Labute approximate surface area is 137 Å². The summed E-state index contributed by atoms with van der Waals surface area (Å²) in [7, 11) is 5.21. The van der Waals surface area contributed by atoms with Gasteiger partial charge in [-0.1, -0.05) is 41.3 Å². The molecule has 0 unspecified atom stereocenters. The lowest BCUT2D eigenvalue weighted by atomic mass is 10.2. The van der Waals surface area contributed by atoms with Crippen LogP contribution in [0.2, 0.25) is 0 Å². The number of rotatable bonds is 7. The van der Waals surface area contributed by atoms with Crippen molar-refractivity contribution >= 4 is 34.1 Å². The fraction of sp³-hybridized carbons (Fsp3) is 0.357. The normalized spacial score (nSPS) is 10.3. The van der Waals surface area contributed by atoms with E-state index in [1.54, 1.807) is 26.1 Å². The van der Waals surface area contributed by atoms with E-state index in [1.807, 2.05) is 24.3 Å². The van der Waals surface area contributed by atoms with Gasteiger partial charge in [0.25, 0.3) is 0 Å². The third-order valence-electron chi connectivity index (χ3n) is 2.97. The second-order valence-corrected chi connectivity index (χ2v) is 6.67. The molecule has 0 radical (unpaired) electrons. The summed E-state index contributed by atoms with van der Waals surface area (Å²) in [5.74, 6) is 1.17. The van der Waals surface area contributed by atoms with Crippen LogP contribution in [0.5, 0.6) is 5.75 Å². The van der Waals surface area contributed by atoms with Crippen molar-refractivity contribution in [1.82, 2.24) is 15.1 Å². The minimum absolute atomic E-state index is 0.0390. The Morgan fingerprint density at radius 3 is 2.86 bits per heavy atom. The number of anilines is 1. The van der Waals surface area contributed by atoms with Gasteiger partial charge in [0.2, 0.25) is 11.0 Å². The molecule has 2 rings (SSSR count). The Balaban J connectivity index is 1.89. The maximum Gasteiger partial charge on any atom is 0.233 e. The number of amides is 1. The molecule has 0 aliphatic carbocycles. The van der Waals surface area contributed by atoms with E-state index in [2.05, 4.69) is 15.5 Å². The second kappa shape index (κ2) is 8.00. The standard InChI is InChI=1S/C14H18N4O2S2/c1-15-13-16-17-14(22-13)21-9-12(19)18(2)8-10-6-4-5-7-11(10)20-3/h4-7H,8-9H2,1-3H3,(H,15,16). The molecule has 6 nitrogen and oxygen atoms in total. The quantitative estimate of drug-likeness (QED) is 0.782. The molecule has 118 valence electrons. The van der Waals surface area contributed by atoms with Gasteiger partial charge in [0.15, 0.2) is 4.34 Å². The van der Waals surface area contributed by atoms with Crippen molar-refractivity contribution < 1.29 is 9.53 Å². The maximum absolute atomic E-state index is 12.2. The van der Waals surface area contributed by atoms with E-state index in [9.17, 15) is 4.79 Å². The summed E-state index contributed by atoms with van der Waals surface area (Å²) >= 11 is 2.83. The minimum Gasteiger partial charge on any atom is -0.496 e. The predicted octanol–water partition coefficient (Wildman–Crippen LogP) is 2.34. The van der Waals surface area contributed by atoms with Crippen LogP contribution in [0.3, 0.4) is 0 Å². The molecule has 1 N–H and O–H groups in total. The molecule has 0 spiro atoms. The molecule has 0 saturated heterocycles. The van der Waals surface area contributed by atoms with Crippen LogP contribution in [0.1, 0.15) is 5.56 Å². The highest BCUT2D eigenvalue weighted by molar-refractivity contribution is 8.01. The first kappa shape index (κ1) is 16.6. The lowest BCUT2D eigenvalue weighted by Crippen LogP contribution is -2.27. The third-order valence-corrected chi connectivity index (χ3v) is 5.02. The number of carbonyl (C=O) groups is 1. The molecule has 0 saturated carbocycles. The van der Waals surface area contributed by atoms with E-state index in [0.29, 0.717) is 12.3 Å². The van der Waals surface area contributed by atoms with Crippen LogP contribution >= 0.6 is 23.1 Å². The summed E-state index contributed by atoms with van der Waals surface area (Å²) in [5.41, 5.74) is 0.985. The highest BCUT2D eigenvalue weighted by atomic mass is 32.2. The Morgan fingerprint density at radius 2 is 2.18 bits per heavy atom. The number of aromatic nitrogens is 2. The smallest absolute Gasteiger partial charge is 0.233 e. The van der Waals surface area contributed by atoms with Gasteiger partial charge in [-0.05, 0) is 6.07 Å². The second-order valence-electron chi connectivity index (χ2n) is 4.47. The van der Waals surface area contributed by atoms with Gasteiger partial charge in [-0.2, -0.15) is 0 Å². The first-order valence-corrected chi connectivity index (χ1v) is 8.44. The van der Waals surface area contributed by atoms with Crippen molar-refractivity contribution in [3.63, 3.8) is 0 Å². The number of nitrogens with one attached hydrogen (secondary N) is 1. The number of carbonyl (C=O) groups excluding carboxylic acids is 1. The molecule has 8 heteroatoms. The summed E-state index contributed by atoms with van der Waals surface area (Å²) in [5, 5.41) is 11.6. The summed E-state index contributed by atoms with van der Waals surface area (Å²) in [4.78, 5) is 13.9. The first-order valence-electron chi connectivity index (χ1n) is 6.64. The van der Waals surface area contributed by atoms with Crippen LogP contribution in [-0.4, -0.2) is 48.0 Å². The van der Waals surface area contributed by atoms with Gasteiger partial charge >= 0.3 is 0 Å². The van der Waals surface area contributed by atoms with Crippen molar-refractivity contribution in [2.24, 2.45) is 0 Å². The summed E-state index contributed by atoms with van der Waals surface area (Å²) in [6, 6.07) is 7.70. The van der Waals surface area contributed by atoms with Crippen LogP contribution in [0.15, 0.2) is 28.6 Å². The molecule has 0 bridgehead atoms. The van der Waals surface area contributed by atoms with Crippen molar-refractivity contribution in [1.29, 1.82) is 0 Å². The van der Waals surface area contributed by atoms with Crippen LogP contribution < -0.4 is 10.1 Å². The first-order chi connectivity index (χ1) is 10.6. The maximum atomic E-state index is 12.2. The zero-order valence-electron chi connectivity index (χ0n) is 12.7. The van der Waals surface area contributed by atoms with Gasteiger partial charge < -0.3 is 15.0 Å². The molecule has 0 aliphatic rings. The summed E-state index contributed by atoms with van der Waals surface area (Å²) in [6.45, 7) is 0.515. The van der Waals surface area contributed by atoms with Gasteiger partial charge in [-0.15, -0.1) is 10.2 Å². The Kier molecular flexibility index (Phi) is 6.02. The van der Waals surface area contributed by atoms with Gasteiger partial charge in [0.1, 0.15) is 5.75 Å². The number of hydrogen-bond acceptors (Lipinski definition) is 7. The number of para-hydroxylation sites is 1. The van der Waals surface area contributed by atoms with Crippen LogP contribution in [0.4, 0.5) is 5.13 Å². The number of hydrogen-bond donors (Lipinski definition) is 1. The minimum atomic E-state index is 0.0390. The molecular formula is C14H18N4O2S2. The highest BCUT2D eigenvalue weighted by Crippen LogP contribution is 2.25. The fourth-order valence-corrected chi connectivity index (χ4v) is 3.43. The van der Waals surface area contributed by atoms with Gasteiger partial charge in [0.05, 0.1) is 12.9 Å². The SMILES string of the molecule is CNc1nnc(SCC(=O)N(C)Cc2ccccc2OC)s1. The van der Waals surface area contributed by atoms with Crippen molar-refractivity contribution in [3.05, 3.63) is 29.8 Å². The van der Waals surface area contributed by atoms with Crippen LogP contribution in [0, 0.1) is 0 Å². The molecule has 0 fully saturated rings. The summed E-state index contributed by atoms with van der Waals surface area (Å²) in [6.07, 6.45) is 0. The van der Waals surface area contributed by atoms with E-state index >= 15 is 0 Å². The molecular weight excluding hydrogens is 320 g/mol. The zero-order valence-corrected chi connectivity index (χ0v) is 14.3. The summed E-state index contributed by atoms with van der Waals surface area (Å²) < 4.78 is 6.08. The highest BCUT2D eigenvalue weighted by Gasteiger charge is 2.13. The largest absolute Gasteiger partial charge is 0.496 e. The Morgan fingerprint density at radius 1 is 1.41 bits per heavy atom.